The van der Waals surface area contributed by atoms with Crippen LogP contribution in [-0.2, 0) is 17.2 Å². The third-order valence-electron chi connectivity index (χ3n) is 2.28. The molecule has 90 valence electrons. The summed E-state index contributed by atoms with van der Waals surface area (Å²) in [6, 6.07) is 4.91. The first-order valence-electron chi connectivity index (χ1n) is 5.02. The molecule has 0 unspecified atom stereocenters. The van der Waals surface area contributed by atoms with E-state index in [1.807, 2.05) is 5.38 Å². The molecule has 1 aromatic heterocycles. The highest BCUT2D eigenvalue weighted by molar-refractivity contribution is 7.13. The summed E-state index contributed by atoms with van der Waals surface area (Å²) < 4.78 is 18.4. The molecule has 0 atom stereocenters. The Hall–Kier alpha value is -0.970. The maximum Gasteiger partial charge on any atom is 0.128 e. The normalized spacial score (nSPS) is 10.8. The van der Waals surface area contributed by atoms with Gasteiger partial charge in [-0.05, 0) is 18.2 Å². The third kappa shape index (κ3) is 2.83. The van der Waals surface area contributed by atoms with Crippen LogP contribution in [0, 0.1) is 5.82 Å². The van der Waals surface area contributed by atoms with Crippen molar-refractivity contribution < 1.29 is 9.13 Å². The number of methoxy groups -OCH3 is 1. The smallest absolute Gasteiger partial charge is 0.128 e. The summed E-state index contributed by atoms with van der Waals surface area (Å²) in [7, 11) is 1.54. The van der Waals surface area contributed by atoms with Gasteiger partial charge in [0.2, 0.25) is 0 Å². The lowest BCUT2D eigenvalue weighted by atomic mass is 10.1. The van der Waals surface area contributed by atoms with Gasteiger partial charge in [-0.15, -0.1) is 22.9 Å². The van der Waals surface area contributed by atoms with Crippen molar-refractivity contribution in [3.63, 3.8) is 0 Å². The molecule has 1 aromatic carbocycles. The number of thiazole rings is 1. The molecule has 0 saturated heterocycles. The van der Waals surface area contributed by atoms with Gasteiger partial charge in [0.25, 0.3) is 0 Å². The topological polar surface area (TPSA) is 22.1 Å². The number of rotatable bonds is 4. The standard InChI is InChI=1S/C12H11ClFNOS/c1-16-6-9-4-8(2-3-11(9)14)12-15-10(5-13)7-17-12/h2-4,7H,5-6H2,1H3. The molecule has 0 bridgehead atoms. The van der Waals surface area contributed by atoms with Gasteiger partial charge in [0, 0.05) is 23.6 Å². The Morgan fingerprint density at radius 1 is 1.47 bits per heavy atom. The molecule has 0 N–H and O–H groups in total. The molecule has 0 radical (unpaired) electrons. The molecule has 17 heavy (non-hydrogen) atoms. The van der Waals surface area contributed by atoms with Gasteiger partial charge in [0.1, 0.15) is 10.8 Å². The van der Waals surface area contributed by atoms with Gasteiger partial charge in [-0.2, -0.15) is 0 Å². The van der Waals surface area contributed by atoms with E-state index in [1.165, 1.54) is 17.4 Å². The summed E-state index contributed by atoms with van der Waals surface area (Å²) in [5.74, 6) is 0.132. The van der Waals surface area contributed by atoms with Crippen LogP contribution in [0.15, 0.2) is 23.6 Å². The van der Waals surface area contributed by atoms with Gasteiger partial charge in [0.05, 0.1) is 18.2 Å². The molecular weight excluding hydrogens is 261 g/mol. The molecule has 2 rings (SSSR count). The molecule has 0 saturated carbocycles. The fourth-order valence-corrected chi connectivity index (χ4v) is 2.52. The summed E-state index contributed by atoms with van der Waals surface area (Å²) in [6.07, 6.45) is 0. The van der Waals surface area contributed by atoms with E-state index >= 15 is 0 Å². The van der Waals surface area contributed by atoms with Crippen LogP contribution in [0.4, 0.5) is 4.39 Å². The largest absolute Gasteiger partial charge is 0.380 e. The number of benzene rings is 1. The first kappa shape index (κ1) is 12.5. The van der Waals surface area contributed by atoms with Crippen molar-refractivity contribution in [1.29, 1.82) is 0 Å². The molecule has 2 aromatic rings. The summed E-state index contributed by atoms with van der Waals surface area (Å²) in [5.41, 5.74) is 2.26. The summed E-state index contributed by atoms with van der Waals surface area (Å²) >= 11 is 7.20. The van der Waals surface area contributed by atoms with Crippen LogP contribution in [0.25, 0.3) is 10.6 Å². The monoisotopic (exact) mass is 271 g/mol. The van der Waals surface area contributed by atoms with Crippen molar-refractivity contribution in [2.45, 2.75) is 12.5 Å². The number of ether oxygens (including phenoxy) is 1. The van der Waals surface area contributed by atoms with E-state index in [0.717, 1.165) is 16.3 Å². The minimum atomic E-state index is -0.260. The van der Waals surface area contributed by atoms with Crippen LogP contribution in [0.3, 0.4) is 0 Å². The Bertz CT molecular complexity index is 515. The van der Waals surface area contributed by atoms with Crippen molar-refractivity contribution >= 4 is 22.9 Å². The number of aromatic nitrogens is 1. The van der Waals surface area contributed by atoms with Gasteiger partial charge < -0.3 is 4.74 Å². The predicted molar refractivity (Wildman–Crippen MR) is 67.8 cm³/mol. The molecule has 0 aliphatic carbocycles. The number of hydrogen-bond acceptors (Lipinski definition) is 3. The highest BCUT2D eigenvalue weighted by atomic mass is 35.5. The second kappa shape index (κ2) is 5.58. The average Bonchev–Trinajstić information content (AvgIpc) is 2.81. The van der Waals surface area contributed by atoms with E-state index in [4.69, 9.17) is 16.3 Å². The summed E-state index contributed by atoms with van der Waals surface area (Å²) in [5, 5.41) is 2.75. The molecule has 0 fully saturated rings. The number of hydrogen-bond donors (Lipinski definition) is 0. The lowest BCUT2D eigenvalue weighted by Crippen LogP contribution is -1.93. The number of halogens is 2. The van der Waals surface area contributed by atoms with Crippen LogP contribution >= 0.6 is 22.9 Å². The van der Waals surface area contributed by atoms with E-state index in [9.17, 15) is 4.39 Å². The molecule has 0 spiro atoms. The average molecular weight is 272 g/mol. The molecular formula is C12H11ClFNOS. The molecule has 0 aliphatic heterocycles. The zero-order valence-corrected chi connectivity index (χ0v) is 10.8. The van der Waals surface area contributed by atoms with E-state index in [2.05, 4.69) is 4.98 Å². The maximum atomic E-state index is 13.4. The van der Waals surface area contributed by atoms with E-state index < -0.39 is 0 Å². The molecule has 5 heteroatoms. The second-order valence-corrected chi connectivity index (χ2v) is 4.64. The van der Waals surface area contributed by atoms with Crippen LogP contribution in [0.5, 0.6) is 0 Å². The Morgan fingerprint density at radius 3 is 2.94 bits per heavy atom. The van der Waals surface area contributed by atoms with Crippen LogP contribution < -0.4 is 0 Å². The van der Waals surface area contributed by atoms with Crippen molar-refractivity contribution in [3.8, 4) is 10.6 Å². The first-order valence-corrected chi connectivity index (χ1v) is 6.44. The minimum absolute atomic E-state index is 0.257. The zero-order valence-electron chi connectivity index (χ0n) is 9.24. The SMILES string of the molecule is COCc1cc(-c2nc(CCl)cs2)ccc1F. The lowest BCUT2D eigenvalue weighted by molar-refractivity contribution is 0.181. The number of nitrogens with zero attached hydrogens (tertiary/aromatic N) is 1. The fourth-order valence-electron chi connectivity index (χ4n) is 1.47. The Morgan fingerprint density at radius 2 is 2.29 bits per heavy atom. The Labute approximate surface area is 108 Å². The maximum absolute atomic E-state index is 13.4. The quantitative estimate of drug-likeness (QED) is 0.789. The van der Waals surface area contributed by atoms with Gasteiger partial charge in [-0.1, -0.05) is 0 Å². The highest BCUT2D eigenvalue weighted by Crippen LogP contribution is 2.26. The third-order valence-corrected chi connectivity index (χ3v) is 3.50. The molecule has 0 amide bonds. The fraction of sp³-hybridized carbons (Fsp3) is 0.250. The molecule has 1 heterocycles. The Kier molecular flexibility index (Phi) is 4.10. The second-order valence-electron chi connectivity index (χ2n) is 3.52. The van der Waals surface area contributed by atoms with Crippen LogP contribution in [0.1, 0.15) is 11.3 Å². The van der Waals surface area contributed by atoms with E-state index in [0.29, 0.717) is 11.4 Å². The molecule has 0 aliphatic rings. The number of alkyl halides is 1. The van der Waals surface area contributed by atoms with Crippen molar-refractivity contribution in [2.24, 2.45) is 0 Å². The lowest BCUT2D eigenvalue weighted by Gasteiger charge is -2.04. The van der Waals surface area contributed by atoms with Gasteiger partial charge >= 0.3 is 0 Å². The highest BCUT2D eigenvalue weighted by Gasteiger charge is 2.08. The van der Waals surface area contributed by atoms with Crippen LogP contribution in [-0.4, -0.2) is 12.1 Å². The summed E-state index contributed by atoms with van der Waals surface area (Å²) in [6.45, 7) is 0.257. The van der Waals surface area contributed by atoms with Gasteiger partial charge in [-0.3, -0.25) is 0 Å². The van der Waals surface area contributed by atoms with Crippen molar-refractivity contribution in [2.75, 3.05) is 7.11 Å². The first-order chi connectivity index (χ1) is 8.24. The predicted octanol–water partition coefficient (Wildman–Crippen LogP) is 3.83. The molecule has 2 nitrogen and oxygen atoms in total. The minimum Gasteiger partial charge on any atom is -0.380 e. The zero-order chi connectivity index (χ0) is 12.3. The van der Waals surface area contributed by atoms with E-state index in [1.54, 1.807) is 19.2 Å². The van der Waals surface area contributed by atoms with Crippen molar-refractivity contribution in [1.82, 2.24) is 4.98 Å². The van der Waals surface area contributed by atoms with Crippen molar-refractivity contribution in [3.05, 3.63) is 40.7 Å². The van der Waals surface area contributed by atoms with Gasteiger partial charge in [-0.25, -0.2) is 9.37 Å². The van der Waals surface area contributed by atoms with Gasteiger partial charge in [0.15, 0.2) is 0 Å². The van der Waals surface area contributed by atoms with E-state index in [-0.39, 0.29) is 12.4 Å². The Balaban J connectivity index is 2.35. The van der Waals surface area contributed by atoms with Crippen LogP contribution in [0.2, 0.25) is 0 Å². The summed E-state index contributed by atoms with van der Waals surface area (Å²) in [4.78, 5) is 4.35.